The molecule has 0 saturated heterocycles. The van der Waals surface area contributed by atoms with Gasteiger partial charge in [0.05, 0.1) is 12.0 Å². The molecule has 0 bridgehead atoms. The van der Waals surface area contributed by atoms with Gasteiger partial charge in [-0.3, -0.25) is 0 Å². The molecule has 26 heavy (non-hydrogen) atoms. The van der Waals surface area contributed by atoms with E-state index >= 15 is 0 Å². The van der Waals surface area contributed by atoms with Gasteiger partial charge in [-0.25, -0.2) is 4.99 Å². The third kappa shape index (κ3) is 5.91. The van der Waals surface area contributed by atoms with Gasteiger partial charge in [-0.2, -0.15) is 0 Å². The van der Waals surface area contributed by atoms with Crippen molar-refractivity contribution in [1.82, 2.24) is 4.90 Å². The van der Waals surface area contributed by atoms with Crippen molar-refractivity contribution in [1.29, 1.82) is 0 Å². The smallest absolute Gasteiger partial charge is 0.130 e. The zero-order chi connectivity index (χ0) is 19.3. The molecule has 2 aromatic carbocycles. The van der Waals surface area contributed by atoms with E-state index in [-0.39, 0.29) is 5.41 Å². The highest BCUT2D eigenvalue weighted by atomic mass is 16.5. The number of ether oxygens (including phenoxy) is 1. The third-order valence-corrected chi connectivity index (χ3v) is 4.25. The molecule has 0 unspecified atom stereocenters. The number of hydrogen-bond donors (Lipinski definition) is 0. The first kappa shape index (κ1) is 20.0. The first-order valence-corrected chi connectivity index (χ1v) is 9.30. The molecular weight excluding hydrogens is 320 g/mol. The van der Waals surface area contributed by atoms with Crippen LogP contribution in [0.25, 0.3) is 0 Å². The minimum atomic E-state index is 0.260. The average molecular weight is 353 g/mol. The lowest BCUT2D eigenvalue weighted by molar-refractivity contribution is 0.409. The zero-order valence-electron chi connectivity index (χ0n) is 17.3. The van der Waals surface area contributed by atoms with Crippen molar-refractivity contribution >= 4 is 12.0 Å². The topological polar surface area (TPSA) is 24.8 Å². The lowest BCUT2D eigenvalue weighted by Gasteiger charge is -2.19. The van der Waals surface area contributed by atoms with Gasteiger partial charge in [0.2, 0.25) is 0 Å². The molecule has 0 atom stereocenters. The van der Waals surface area contributed by atoms with E-state index in [4.69, 9.17) is 4.74 Å². The molecule has 140 valence electrons. The number of aliphatic imine (C=N–C) groups is 1. The first-order valence-electron chi connectivity index (χ1n) is 9.30. The summed E-state index contributed by atoms with van der Waals surface area (Å²) in [5, 5.41) is 0. The van der Waals surface area contributed by atoms with Gasteiger partial charge in [0, 0.05) is 13.6 Å². The molecule has 0 amide bonds. The van der Waals surface area contributed by atoms with Gasteiger partial charge < -0.3 is 9.64 Å². The summed E-state index contributed by atoms with van der Waals surface area (Å²) in [5.74, 6) is 1.77. The van der Waals surface area contributed by atoms with E-state index in [0.29, 0.717) is 0 Å². The molecule has 3 heteroatoms. The summed E-state index contributed by atoms with van der Waals surface area (Å²) < 4.78 is 6.18. The Kier molecular flexibility index (Phi) is 6.47. The Bertz CT molecular complexity index is 772. The van der Waals surface area contributed by atoms with E-state index in [0.717, 1.165) is 41.3 Å². The standard InChI is InChI=1S/C23H32N2O/c1-8-25(7)16-24-21-12-18(3)22(13-17(21)2)26-20-11-9-10-19(14-20)15-23(4,5)6/h9-14,16H,8,15H2,1-7H3. The van der Waals surface area contributed by atoms with Crippen molar-refractivity contribution in [3.8, 4) is 11.5 Å². The van der Waals surface area contributed by atoms with Gasteiger partial charge in [0.1, 0.15) is 11.5 Å². The molecule has 0 fully saturated rings. The maximum atomic E-state index is 6.18. The highest BCUT2D eigenvalue weighted by Gasteiger charge is 2.12. The minimum absolute atomic E-state index is 0.260. The lowest BCUT2D eigenvalue weighted by Crippen LogP contribution is -2.14. The molecule has 0 spiro atoms. The Labute approximate surface area is 158 Å². The second kappa shape index (κ2) is 8.39. The Morgan fingerprint density at radius 3 is 2.46 bits per heavy atom. The normalized spacial score (nSPS) is 11.8. The number of hydrogen-bond acceptors (Lipinski definition) is 2. The van der Waals surface area contributed by atoms with Gasteiger partial charge in [0.15, 0.2) is 0 Å². The molecule has 2 aromatic rings. The van der Waals surface area contributed by atoms with Crippen molar-refractivity contribution in [2.45, 2.75) is 48.0 Å². The number of benzene rings is 2. The van der Waals surface area contributed by atoms with E-state index in [1.165, 1.54) is 5.56 Å². The summed E-state index contributed by atoms with van der Waals surface area (Å²) in [6, 6.07) is 12.6. The SMILES string of the molecule is CCN(C)C=Nc1cc(C)c(Oc2cccc(CC(C)(C)C)c2)cc1C. The molecule has 0 saturated carbocycles. The van der Waals surface area contributed by atoms with Gasteiger partial charge in [-0.1, -0.05) is 32.9 Å². The van der Waals surface area contributed by atoms with Crippen LogP contribution in [-0.4, -0.2) is 24.8 Å². The van der Waals surface area contributed by atoms with E-state index in [9.17, 15) is 0 Å². The molecule has 0 aromatic heterocycles. The quantitative estimate of drug-likeness (QED) is 0.450. The minimum Gasteiger partial charge on any atom is -0.457 e. The van der Waals surface area contributed by atoms with Crippen molar-refractivity contribution in [2.75, 3.05) is 13.6 Å². The summed E-state index contributed by atoms with van der Waals surface area (Å²) in [4.78, 5) is 6.64. The maximum Gasteiger partial charge on any atom is 0.130 e. The van der Waals surface area contributed by atoms with E-state index in [1.807, 2.05) is 19.5 Å². The van der Waals surface area contributed by atoms with Crippen LogP contribution in [0.4, 0.5) is 5.69 Å². The van der Waals surface area contributed by atoms with E-state index < -0.39 is 0 Å². The molecule has 2 rings (SSSR count). The van der Waals surface area contributed by atoms with Crippen LogP contribution in [0.15, 0.2) is 41.4 Å². The van der Waals surface area contributed by atoms with Crippen molar-refractivity contribution in [2.24, 2.45) is 10.4 Å². The van der Waals surface area contributed by atoms with Crippen LogP contribution in [0, 0.1) is 19.3 Å². The monoisotopic (exact) mass is 352 g/mol. The molecule has 3 nitrogen and oxygen atoms in total. The first-order chi connectivity index (χ1) is 12.2. The number of nitrogens with zero attached hydrogens (tertiary/aromatic N) is 2. The van der Waals surface area contributed by atoms with Crippen LogP contribution in [-0.2, 0) is 6.42 Å². The van der Waals surface area contributed by atoms with Crippen LogP contribution in [0.1, 0.15) is 44.4 Å². The lowest BCUT2D eigenvalue weighted by atomic mass is 9.88. The largest absolute Gasteiger partial charge is 0.457 e. The molecule has 0 radical (unpaired) electrons. The molecule has 0 N–H and O–H groups in total. The Morgan fingerprint density at radius 2 is 1.81 bits per heavy atom. The Balaban J connectivity index is 2.21. The predicted molar refractivity (Wildman–Crippen MR) is 112 cm³/mol. The second-order valence-electron chi connectivity index (χ2n) is 8.21. The van der Waals surface area contributed by atoms with Crippen LogP contribution in [0.3, 0.4) is 0 Å². The summed E-state index contributed by atoms with van der Waals surface area (Å²) >= 11 is 0. The number of aryl methyl sites for hydroxylation is 2. The molecular formula is C23H32N2O. The van der Waals surface area contributed by atoms with Crippen LogP contribution < -0.4 is 4.74 Å². The average Bonchev–Trinajstić information content (AvgIpc) is 2.55. The van der Waals surface area contributed by atoms with Gasteiger partial charge in [-0.15, -0.1) is 0 Å². The van der Waals surface area contributed by atoms with Gasteiger partial charge >= 0.3 is 0 Å². The van der Waals surface area contributed by atoms with Crippen LogP contribution >= 0.6 is 0 Å². The van der Waals surface area contributed by atoms with Gasteiger partial charge in [-0.05, 0) is 73.6 Å². The highest BCUT2D eigenvalue weighted by Crippen LogP contribution is 2.32. The van der Waals surface area contributed by atoms with Crippen LogP contribution in [0.5, 0.6) is 11.5 Å². The van der Waals surface area contributed by atoms with Gasteiger partial charge in [0.25, 0.3) is 0 Å². The summed E-state index contributed by atoms with van der Waals surface area (Å²) in [6.07, 6.45) is 2.90. The zero-order valence-corrected chi connectivity index (χ0v) is 17.3. The summed E-state index contributed by atoms with van der Waals surface area (Å²) in [7, 11) is 2.02. The molecule has 0 aliphatic rings. The fourth-order valence-electron chi connectivity index (χ4n) is 2.72. The third-order valence-electron chi connectivity index (χ3n) is 4.25. The van der Waals surface area contributed by atoms with Crippen LogP contribution in [0.2, 0.25) is 0 Å². The number of rotatable bonds is 6. The molecule has 0 aliphatic carbocycles. The summed E-state index contributed by atoms with van der Waals surface area (Å²) in [6.45, 7) is 13.9. The van der Waals surface area contributed by atoms with E-state index in [1.54, 1.807) is 0 Å². The molecule has 0 aliphatic heterocycles. The summed E-state index contributed by atoms with van der Waals surface area (Å²) in [5.41, 5.74) is 4.74. The van der Waals surface area contributed by atoms with Crippen molar-refractivity contribution in [3.63, 3.8) is 0 Å². The fourth-order valence-corrected chi connectivity index (χ4v) is 2.72. The second-order valence-corrected chi connectivity index (χ2v) is 8.21. The fraction of sp³-hybridized carbons (Fsp3) is 0.435. The van der Waals surface area contributed by atoms with Crippen molar-refractivity contribution in [3.05, 3.63) is 53.1 Å². The van der Waals surface area contributed by atoms with Crippen molar-refractivity contribution < 1.29 is 4.74 Å². The van der Waals surface area contributed by atoms with E-state index in [2.05, 4.69) is 81.8 Å². The predicted octanol–water partition coefficient (Wildman–Crippen LogP) is 6.30. The maximum absolute atomic E-state index is 6.18. The Hall–Kier alpha value is -2.29. The Morgan fingerprint density at radius 1 is 1.08 bits per heavy atom. The highest BCUT2D eigenvalue weighted by molar-refractivity contribution is 5.64. The molecule has 0 heterocycles.